The van der Waals surface area contributed by atoms with Crippen LogP contribution in [-0.2, 0) is 5.60 Å². The number of benzene rings is 2. The summed E-state index contributed by atoms with van der Waals surface area (Å²) in [6, 6.07) is 15.7. The van der Waals surface area contributed by atoms with Crippen LogP contribution in [0.4, 0.5) is 0 Å². The Labute approximate surface area is 107 Å². The van der Waals surface area contributed by atoms with Crippen molar-refractivity contribution < 1.29 is 5.11 Å². The third-order valence-corrected chi connectivity index (χ3v) is 3.48. The predicted octanol–water partition coefficient (Wildman–Crippen LogP) is 3.59. The van der Waals surface area contributed by atoms with Crippen LogP contribution in [-0.4, -0.2) is 5.11 Å². The monoisotopic (exact) mass is 234 g/mol. The second-order valence-corrected chi connectivity index (χ2v) is 4.48. The molecular formula is C17H14O. The number of hydrogen-bond acceptors (Lipinski definition) is 1. The van der Waals surface area contributed by atoms with Gasteiger partial charge in [-0.05, 0) is 22.3 Å². The standard InChI is InChI=1S/C17H14O/c1-2-17(18)15-9-5-3-7-13(15)11-12-14-8-4-6-10-16(14)17/h2-12,18H,1H2. The van der Waals surface area contributed by atoms with E-state index in [9.17, 15) is 5.11 Å². The van der Waals surface area contributed by atoms with Gasteiger partial charge in [-0.15, -0.1) is 0 Å². The summed E-state index contributed by atoms with van der Waals surface area (Å²) in [4.78, 5) is 0. The van der Waals surface area contributed by atoms with Gasteiger partial charge in [0, 0.05) is 0 Å². The molecule has 0 saturated carbocycles. The van der Waals surface area contributed by atoms with Crippen molar-refractivity contribution in [2.24, 2.45) is 0 Å². The van der Waals surface area contributed by atoms with Crippen LogP contribution < -0.4 is 0 Å². The lowest BCUT2D eigenvalue weighted by atomic mass is 9.83. The van der Waals surface area contributed by atoms with Gasteiger partial charge in [0.1, 0.15) is 5.60 Å². The third kappa shape index (κ3) is 1.45. The first-order chi connectivity index (χ1) is 8.75. The molecule has 0 spiro atoms. The minimum Gasteiger partial charge on any atom is -0.377 e. The maximum atomic E-state index is 11.0. The van der Waals surface area contributed by atoms with Crippen LogP contribution in [0.15, 0.2) is 61.2 Å². The Morgan fingerprint density at radius 1 is 0.833 bits per heavy atom. The Morgan fingerprint density at radius 3 is 1.72 bits per heavy atom. The lowest BCUT2D eigenvalue weighted by Gasteiger charge is -2.27. The number of rotatable bonds is 1. The van der Waals surface area contributed by atoms with Crippen LogP contribution in [0, 0.1) is 0 Å². The molecule has 0 saturated heterocycles. The van der Waals surface area contributed by atoms with E-state index in [0.717, 1.165) is 22.3 Å². The molecule has 18 heavy (non-hydrogen) atoms. The molecule has 0 bridgehead atoms. The Bertz CT molecular complexity index is 588. The summed E-state index contributed by atoms with van der Waals surface area (Å²) in [5.74, 6) is 0. The first kappa shape index (κ1) is 11.0. The summed E-state index contributed by atoms with van der Waals surface area (Å²) in [6.07, 6.45) is 5.68. The molecule has 0 fully saturated rings. The maximum absolute atomic E-state index is 11.0. The van der Waals surface area contributed by atoms with Gasteiger partial charge in [-0.1, -0.05) is 73.3 Å². The fourth-order valence-electron chi connectivity index (χ4n) is 2.52. The van der Waals surface area contributed by atoms with Crippen molar-refractivity contribution in [1.29, 1.82) is 0 Å². The van der Waals surface area contributed by atoms with Gasteiger partial charge in [0.25, 0.3) is 0 Å². The van der Waals surface area contributed by atoms with E-state index in [1.807, 2.05) is 60.7 Å². The molecule has 0 radical (unpaired) electrons. The third-order valence-electron chi connectivity index (χ3n) is 3.48. The molecule has 0 heterocycles. The largest absolute Gasteiger partial charge is 0.377 e. The van der Waals surface area contributed by atoms with Crippen molar-refractivity contribution in [3.05, 3.63) is 83.4 Å². The van der Waals surface area contributed by atoms with Crippen LogP contribution in [0.3, 0.4) is 0 Å². The summed E-state index contributed by atoms with van der Waals surface area (Å²) >= 11 is 0. The molecule has 1 aliphatic rings. The van der Waals surface area contributed by atoms with Gasteiger partial charge < -0.3 is 5.11 Å². The van der Waals surface area contributed by atoms with Gasteiger partial charge in [-0.3, -0.25) is 0 Å². The zero-order valence-electron chi connectivity index (χ0n) is 10.0. The van der Waals surface area contributed by atoms with E-state index in [4.69, 9.17) is 0 Å². The van der Waals surface area contributed by atoms with Crippen LogP contribution >= 0.6 is 0 Å². The van der Waals surface area contributed by atoms with Gasteiger partial charge in [-0.2, -0.15) is 0 Å². The zero-order chi connectivity index (χ0) is 12.6. The topological polar surface area (TPSA) is 20.2 Å². The van der Waals surface area contributed by atoms with Crippen LogP contribution in [0.2, 0.25) is 0 Å². The highest BCUT2D eigenvalue weighted by atomic mass is 16.3. The number of aliphatic hydroxyl groups is 1. The van der Waals surface area contributed by atoms with Crippen molar-refractivity contribution in [2.75, 3.05) is 0 Å². The summed E-state index contributed by atoms with van der Waals surface area (Å²) in [5.41, 5.74) is 2.67. The minimum atomic E-state index is -1.13. The molecule has 0 unspecified atom stereocenters. The second kappa shape index (κ2) is 3.97. The van der Waals surface area contributed by atoms with Crippen molar-refractivity contribution in [3.63, 3.8) is 0 Å². The normalized spacial score (nSPS) is 15.4. The molecule has 0 atom stereocenters. The van der Waals surface area contributed by atoms with Gasteiger partial charge in [0.15, 0.2) is 0 Å². The molecule has 1 heteroatoms. The minimum absolute atomic E-state index is 0.876. The van der Waals surface area contributed by atoms with Crippen LogP contribution in [0.1, 0.15) is 22.3 Å². The molecular weight excluding hydrogens is 220 g/mol. The SMILES string of the molecule is C=CC1(O)c2ccccc2C=Cc2ccccc21. The van der Waals surface area contributed by atoms with Crippen molar-refractivity contribution >= 4 is 12.2 Å². The summed E-state index contributed by atoms with van der Waals surface area (Å²) in [6.45, 7) is 3.82. The van der Waals surface area contributed by atoms with E-state index in [0.29, 0.717) is 0 Å². The highest BCUT2D eigenvalue weighted by molar-refractivity contribution is 5.77. The van der Waals surface area contributed by atoms with Crippen LogP contribution in [0.5, 0.6) is 0 Å². The highest BCUT2D eigenvalue weighted by Gasteiger charge is 2.32. The Balaban J connectivity index is 2.38. The predicted molar refractivity (Wildman–Crippen MR) is 75.0 cm³/mol. The average Bonchev–Trinajstić information content (AvgIpc) is 2.56. The van der Waals surface area contributed by atoms with E-state index >= 15 is 0 Å². The molecule has 1 aliphatic carbocycles. The van der Waals surface area contributed by atoms with Gasteiger partial charge in [-0.25, -0.2) is 0 Å². The first-order valence-electron chi connectivity index (χ1n) is 5.99. The molecule has 0 amide bonds. The lowest BCUT2D eigenvalue weighted by molar-refractivity contribution is 0.135. The summed E-state index contributed by atoms with van der Waals surface area (Å²) in [7, 11) is 0. The Kier molecular flexibility index (Phi) is 2.42. The molecule has 2 aromatic rings. The van der Waals surface area contributed by atoms with Gasteiger partial charge >= 0.3 is 0 Å². The molecule has 0 aliphatic heterocycles. The Morgan fingerprint density at radius 2 is 1.28 bits per heavy atom. The zero-order valence-corrected chi connectivity index (χ0v) is 10.0. The van der Waals surface area contributed by atoms with E-state index < -0.39 is 5.60 Å². The Hall–Kier alpha value is -2.12. The number of fused-ring (bicyclic) bond motifs is 2. The average molecular weight is 234 g/mol. The molecule has 3 rings (SSSR count). The summed E-state index contributed by atoms with van der Waals surface area (Å²) < 4.78 is 0. The molecule has 1 N–H and O–H groups in total. The summed E-state index contributed by atoms with van der Waals surface area (Å²) in [5, 5.41) is 11.0. The fourth-order valence-corrected chi connectivity index (χ4v) is 2.52. The quantitative estimate of drug-likeness (QED) is 0.747. The lowest BCUT2D eigenvalue weighted by Crippen LogP contribution is -2.25. The van der Waals surface area contributed by atoms with E-state index in [1.54, 1.807) is 6.08 Å². The molecule has 88 valence electrons. The number of hydrogen-bond donors (Lipinski definition) is 1. The van der Waals surface area contributed by atoms with Crippen molar-refractivity contribution in [1.82, 2.24) is 0 Å². The van der Waals surface area contributed by atoms with E-state index in [2.05, 4.69) is 6.58 Å². The maximum Gasteiger partial charge on any atom is 0.134 e. The highest BCUT2D eigenvalue weighted by Crippen LogP contribution is 2.38. The fraction of sp³-hybridized carbons (Fsp3) is 0.0588. The molecule has 0 aromatic heterocycles. The van der Waals surface area contributed by atoms with Crippen molar-refractivity contribution in [3.8, 4) is 0 Å². The second-order valence-electron chi connectivity index (χ2n) is 4.48. The molecule has 2 aromatic carbocycles. The smallest absolute Gasteiger partial charge is 0.134 e. The van der Waals surface area contributed by atoms with Crippen LogP contribution in [0.25, 0.3) is 12.2 Å². The first-order valence-corrected chi connectivity index (χ1v) is 5.99. The van der Waals surface area contributed by atoms with E-state index in [-0.39, 0.29) is 0 Å². The van der Waals surface area contributed by atoms with Gasteiger partial charge in [0.05, 0.1) is 0 Å². The van der Waals surface area contributed by atoms with E-state index in [1.165, 1.54) is 0 Å². The molecule has 1 nitrogen and oxygen atoms in total. The van der Waals surface area contributed by atoms with Crippen molar-refractivity contribution in [2.45, 2.75) is 5.60 Å². The van der Waals surface area contributed by atoms with Gasteiger partial charge in [0.2, 0.25) is 0 Å².